The molecule has 3 aromatic rings. The quantitative estimate of drug-likeness (QED) is 0.112. The second kappa shape index (κ2) is 11.0. The Labute approximate surface area is 238 Å². The first kappa shape index (κ1) is 27.7. The van der Waals surface area contributed by atoms with Crippen LogP contribution in [0.5, 0.6) is 5.75 Å². The van der Waals surface area contributed by atoms with E-state index in [2.05, 4.69) is 44.7 Å². The predicted octanol–water partition coefficient (Wildman–Crippen LogP) is 0.693. The number of likely N-dealkylation sites (tertiary alicyclic amines) is 1. The van der Waals surface area contributed by atoms with Gasteiger partial charge >= 0.3 is 187 Å². The summed E-state index contributed by atoms with van der Waals surface area (Å²) in [6.07, 6.45) is 4.09. The molecule has 1 amide bonds. The van der Waals surface area contributed by atoms with Gasteiger partial charge in [-0.05, 0) is 12.1 Å². The van der Waals surface area contributed by atoms with Gasteiger partial charge in [0.05, 0.1) is 7.11 Å². The zero-order valence-electron chi connectivity index (χ0n) is 21.4. The molecule has 4 heterocycles. The third-order valence-corrected chi connectivity index (χ3v) is 11.6. The molecule has 0 spiro atoms. The Morgan fingerprint density at radius 3 is 2.90 bits per heavy atom. The van der Waals surface area contributed by atoms with Crippen LogP contribution >= 0.6 is 11.8 Å². The predicted molar refractivity (Wildman–Crippen MR) is 141 cm³/mol. The van der Waals surface area contributed by atoms with Gasteiger partial charge in [0, 0.05) is 12.6 Å². The van der Waals surface area contributed by atoms with E-state index in [1.165, 1.54) is 17.7 Å². The van der Waals surface area contributed by atoms with Crippen molar-refractivity contribution in [3.8, 4) is 17.6 Å². The number of benzene rings is 1. The number of ether oxygens (including phenoxy) is 1. The van der Waals surface area contributed by atoms with Crippen LogP contribution in [0, 0.1) is 11.8 Å². The van der Waals surface area contributed by atoms with Gasteiger partial charge in [-0.25, -0.2) is 0 Å². The summed E-state index contributed by atoms with van der Waals surface area (Å²) in [6.45, 7) is 2.19. The molecule has 0 saturated carbocycles. The number of amides is 1. The monoisotopic (exact) mass is 671 g/mol. The Kier molecular flexibility index (Phi) is 7.80. The molecule has 2 saturated heterocycles. The van der Waals surface area contributed by atoms with Crippen molar-refractivity contribution in [2.45, 2.75) is 24.4 Å². The summed E-state index contributed by atoms with van der Waals surface area (Å²) in [6, 6.07) is 6.62. The molecule has 3 N–H and O–H groups in total. The molecule has 0 bridgehead atoms. The van der Waals surface area contributed by atoms with Crippen LogP contribution in [0.3, 0.4) is 0 Å². The third kappa shape index (κ3) is 6.02. The Bertz CT molecular complexity index is 1470. The summed E-state index contributed by atoms with van der Waals surface area (Å²) < 4.78 is 48.1. The number of carbonyl (C=O) groups is 1. The number of thioether (sulfide) groups is 1. The molecule has 13 heteroatoms. The van der Waals surface area contributed by atoms with Crippen LogP contribution < -0.4 is 41.9 Å². The van der Waals surface area contributed by atoms with Crippen molar-refractivity contribution < 1.29 is 43.9 Å². The number of methoxy groups -OCH3 is 1. The number of nitrogens with zero attached hydrogens (tertiary/aromatic N) is 3. The molecule has 2 fully saturated rings. The zero-order chi connectivity index (χ0) is 27.8. The van der Waals surface area contributed by atoms with Gasteiger partial charge in [0.25, 0.3) is 5.91 Å². The normalized spacial score (nSPS) is 20.7. The number of rotatable bonds is 7. The molecule has 0 aliphatic carbocycles. The van der Waals surface area contributed by atoms with Gasteiger partial charge in [0.15, 0.2) is 0 Å². The molecular formula is C26H27F3IN6O2S-. The molecule has 1 aromatic carbocycles. The van der Waals surface area contributed by atoms with E-state index in [0.29, 0.717) is 32.3 Å². The fraction of sp³-hybridized carbons (Fsp3) is 0.385. The Balaban J connectivity index is 1.40. The summed E-state index contributed by atoms with van der Waals surface area (Å²) in [5, 5.41) is 9.28. The summed E-state index contributed by atoms with van der Waals surface area (Å²) in [4.78, 5) is 18.7. The van der Waals surface area contributed by atoms with Gasteiger partial charge in [-0.2, -0.15) is 0 Å². The summed E-state index contributed by atoms with van der Waals surface area (Å²) in [5.41, 5.74) is -2.56. The maximum atomic E-state index is 13.5. The van der Waals surface area contributed by atoms with Crippen LogP contribution in [0.15, 0.2) is 41.7 Å². The number of aromatic nitrogens is 2. The Hall–Kier alpha value is -2.83. The van der Waals surface area contributed by atoms with E-state index in [1.54, 1.807) is 37.5 Å². The van der Waals surface area contributed by atoms with Crippen LogP contribution in [-0.4, -0.2) is 74.0 Å². The topological polar surface area (TPSA) is 82.9 Å². The van der Waals surface area contributed by atoms with E-state index in [4.69, 9.17) is 4.74 Å². The second-order valence-corrected chi connectivity index (χ2v) is 14.3. The van der Waals surface area contributed by atoms with Crippen molar-refractivity contribution in [2.24, 2.45) is 0 Å². The minimum absolute atomic E-state index is 0.00545. The number of halogens is 4. The number of hydrogen-bond donors (Lipinski definition) is 3. The van der Waals surface area contributed by atoms with Crippen LogP contribution in [0.1, 0.15) is 22.3 Å². The summed E-state index contributed by atoms with van der Waals surface area (Å²) in [5.74, 6) is 6.65. The number of fused-ring (bicyclic) bond motifs is 2. The second-order valence-electron chi connectivity index (χ2n) is 9.17. The van der Waals surface area contributed by atoms with E-state index in [-0.39, 0.29) is 59.6 Å². The number of piperidine rings is 1. The summed E-state index contributed by atoms with van der Waals surface area (Å²) >= 11 is -0.230. The molecule has 0 radical (unpaired) electrons. The van der Waals surface area contributed by atoms with Crippen molar-refractivity contribution in [3.05, 3.63) is 47.8 Å². The van der Waals surface area contributed by atoms with Crippen LogP contribution in [0.2, 0.25) is 0 Å². The molecule has 8 nitrogen and oxygen atoms in total. The maximum absolute atomic E-state index is 13.5. The Morgan fingerprint density at radius 2 is 2.18 bits per heavy atom. The number of alkyl halides is 5. The van der Waals surface area contributed by atoms with Gasteiger partial charge in [-0.1, -0.05) is 0 Å². The number of carbonyl (C=O) groups excluding carboxylic acids is 1. The minimum Gasteiger partial charge on any atom is -0.495 e. The van der Waals surface area contributed by atoms with Gasteiger partial charge in [-0.3, -0.25) is 4.79 Å². The molecular weight excluding hydrogens is 644 g/mol. The van der Waals surface area contributed by atoms with Crippen molar-refractivity contribution in [2.75, 3.05) is 51.5 Å². The van der Waals surface area contributed by atoms with Crippen LogP contribution in [0.25, 0.3) is 5.52 Å². The zero-order valence-corrected chi connectivity index (χ0v) is 24.4. The molecule has 2 aromatic heterocycles. The van der Waals surface area contributed by atoms with Crippen LogP contribution in [0.4, 0.5) is 24.7 Å². The van der Waals surface area contributed by atoms with Crippen molar-refractivity contribution in [3.63, 3.8) is 0 Å². The van der Waals surface area contributed by atoms with Gasteiger partial charge < -0.3 is 10.1 Å². The number of anilines is 2. The molecule has 39 heavy (non-hydrogen) atoms. The smallest absolute Gasteiger partial charge is 0.495 e. The van der Waals surface area contributed by atoms with Crippen molar-refractivity contribution >= 4 is 34.7 Å². The SMILES string of the molecule is CNC(=O)c1ccc(NCC#Cc2cc3c(N[C@]45CCN(C)C[C@H]4[I-]5)nccn3c2SC(F)(F)F)c(OC)c1. The third-order valence-electron chi connectivity index (χ3n) is 6.57. The standard InChI is InChI=1S/C26H27F3IN6O2S/c1-31-23(37)16-6-7-18(20(14-16)38-3)32-9-4-5-17-13-19-22(34-25-8-11-35(2)15-21(25)30-25)33-10-12-36(19)24(17)39-26(27,28)29/h6-7,10,12-14,21,32H,8-9,11,15H2,1-3H3,(H,31,37)(H,33,34)/q-1/t21-,25-/m1/s1. The minimum atomic E-state index is -4.47. The average Bonchev–Trinajstić information content (AvgIpc) is 3.50. The van der Waals surface area contributed by atoms with E-state index in [0.717, 1.165) is 19.5 Å². The van der Waals surface area contributed by atoms with Gasteiger partial charge in [0.2, 0.25) is 0 Å². The molecule has 2 aliphatic heterocycles. The first-order valence-corrected chi connectivity index (χ1v) is 15.3. The number of nitrogens with one attached hydrogen (secondary N) is 3. The van der Waals surface area contributed by atoms with E-state index in [9.17, 15) is 18.0 Å². The molecule has 5 rings (SSSR count). The fourth-order valence-corrected chi connectivity index (χ4v) is 8.91. The van der Waals surface area contributed by atoms with Crippen molar-refractivity contribution in [1.29, 1.82) is 0 Å². The molecule has 208 valence electrons. The van der Waals surface area contributed by atoms with Crippen molar-refractivity contribution in [1.82, 2.24) is 19.6 Å². The number of hydrogen-bond acceptors (Lipinski definition) is 7. The van der Waals surface area contributed by atoms with E-state index >= 15 is 0 Å². The molecule has 2 atom stereocenters. The average molecular weight is 672 g/mol. The van der Waals surface area contributed by atoms with Crippen LogP contribution in [-0.2, 0) is 0 Å². The molecule has 2 aliphatic rings. The van der Waals surface area contributed by atoms with Gasteiger partial charge in [0.1, 0.15) is 0 Å². The fourth-order valence-electron chi connectivity index (χ4n) is 4.56. The molecule has 0 unspecified atom stereocenters. The van der Waals surface area contributed by atoms with E-state index in [1.807, 2.05) is 0 Å². The Morgan fingerprint density at radius 1 is 1.36 bits per heavy atom. The van der Waals surface area contributed by atoms with Gasteiger partial charge in [-0.15, -0.1) is 0 Å². The first-order chi connectivity index (χ1) is 18.6. The van der Waals surface area contributed by atoms with E-state index < -0.39 is 5.51 Å². The first-order valence-electron chi connectivity index (χ1n) is 12.1. The summed E-state index contributed by atoms with van der Waals surface area (Å²) in [7, 11) is 5.15.